The summed E-state index contributed by atoms with van der Waals surface area (Å²) in [6.07, 6.45) is 4.78. The fourth-order valence-electron chi connectivity index (χ4n) is 2.08. The van der Waals surface area contributed by atoms with E-state index in [1.807, 2.05) is 11.8 Å². The Morgan fingerprint density at radius 2 is 2.11 bits per heavy atom. The molecule has 0 aromatic carbocycles. The van der Waals surface area contributed by atoms with Crippen LogP contribution in [0.5, 0.6) is 0 Å². The normalized spacial score (nSPS) is 17.3. The highest BCUT2D eigenvalue weighted by Gasteiger charge is 2.22. The van der Waals surface area contributed by atoms with Gasteiger partial charge in [-0.05, 0) is 26.2 Å². The number of likely N-dealkylation sites (tertiary alicyclic amines) is 1. The number of aromatic nitrogens is 2. The van der Waals surface area contributed by atoms with Crippen LogP contribution in [0.2, 0.25) is 5.15 Å². The molecule has 2 rings (SSSR count). The van der Waals surface area contributed by atoms with Crippen LogP contribution in [-0.2, 0) is 4.79 Å². The molecule has 1 aliphatic heterocycles. The molecule has 1 atom stereocenters. The fourth-order valence-corrected chi connectivity index (χ4v) is 2.23. The van der Waals surface area contributed by atoms with Gasteiger partial charge in [0.05, 0.1) is 0 Å². The fraction of sp³-hybridized carbons (Fsp3) is 0.583. The minimum atomic E-state index is -0.297. The zero-order valence-electron chi connectivity index (χ0n) is 10.4. The zero-order chi connectivity index (χ0) is 13.0. The van der Waals surface area contributed by atoms with Gasteiger partial charge in [0.25, 0.3) is 0 Å². The third-order valence-corrected chi connectivity index (χ3v) is 3.24. The summed E-state index contributed by atoms with van der Waals surface area (Å²) >= 11 is 5.77. The van der Waals surface area contributed by atoms with Crippen LogP contribution in [0.25, 0.3) is 0 Å². The van der Waals surface area contributed by atoms with Gasteiger partial charge in [-0.2, -0.15) is 0 Å². The molecule has 0 radical (unpaired) electrons. The lowest BCUT2D eigenvalue weighted by Gasteiger charge is -2.29. The van der Waals surface area contributed by atoms with Gasteiger partial charge in [0.1, 0.15) is 23.3 Å². The molecule has 0 saturated carbocycles. The number of hydrogen-bond acceptors (Lipinski definition) is 4. The summed E-state index contributed by atoms with van der Waals surface area (Å²) in [5.41, 5.74) is 0. The highest BCUT2D eigenvalue weighted by molar-refractivity contribution is 6.29. The Morgan fingerprint density at radius 1 is 1.39 bits per heavy atom. The summed E-state index contributed by atoms with van der Waals surface area (Å²) in [6, 6.07) is 1.32. The Morgan fingerprint density at radius 3 is 2.78 bits per heavy atom. The van der Waals surface area contributed by atoms with Crippen LogP contribution in [0.4, 0.5) is 5.82 Å². The van der Waals surface area contributed by atoms with E-state index in [4.69, 9.17) is 11.6 Å². The number of piperidine rings is 1. The molecule has 1 unspecified atom stereocenters. The third kappa shape index (κ3) is 3.32. The van der Waals surface area contributed by atoms with Gasteiger partial charge in [-0.15, -0.1) is 0 Å². The lowest BCUT2D eigenvalue weighted by Crippen LogP contribution is -2.44. The minimum absolute atomic E-state index is 0.115. The first-order valence-corrected chi connectivity index (χ1v) is 6.57. The number of amides is 1. The second-order valence-electron chi connectivity index (χ2n) is 4.48. The Bertz CT molecular complexity index is 420. The van der Waals surface area contributed by atoms with Gasteiger partial charge < -0.3 is 10.2 Å². The first-order valence-electron chi connectivity index (χ1n) is 6.19. The number of rotatable bonds is 3. The molecule has 1 aromatic rings. The molecular formula is C12H17ClN4O. The van der Waals surface area contributed by atoms with Crippen LogP contribution >= 0.6 is 11.6 Å². The van der Waals surface area contributed by atoms with Crippen molar-refractivity contribution in [1.82, 2.24) is 14.9 Å². The number of hydrogen-bond donors (Lipinski definition) is 1. The van der Waals surface area contributed by atoms with Gasteiger partial charge in [-0.3, -0.25) is 4.79 Å². The lowest BCUT2D eigenvalue weighted by atomic mass is 10.1. The van der Waals surface area contributed by atoms with E-state index in [0.717, 1.165) is 25.9 Å². The molecule has 1 fully saturated rings. The monoisotopic (exact) mass is 268 g/mol. The van der Waals surface area contributed by atoms with E-state index in [9.17, 15) is 4.79 Å². The standard InChI is InChI=1S/C12H17ClN4O/c1-9(12(18)17-5-3-2-4-6-17)16-11-7-10(13)14-8-15-11/h7-9H,2-6H2,1H3,(H,14,15,16). The molecular weight excluding hydrogens is 252 g/mol. The third-order valence-electron chi connectivity index (χ3n) is 3.04. The van der Waals surface area contributed by atoms with Crippen molar-refractivity contribution < 1.29 is 4.79 Å². The molecule has 0 aliphatic carbocycles. The van der Waals surface area contributed by atoms with Crippen molar-refractivity contribution in [3.63, 3.8) is 0 Å². The van der Waals surface area contributed by atoms with Crippen molar-refractivity contribution in [3.05, 3.63) is 17.5 Å². The lowest BCUT2D eigenvalue weighted by molar-refractivity contribution is -0.132. The molecule has 0 bridgehead atoms. The molecule has 1 aromatic heterocycles. The number of halogens is 1. The van der Waals surface area contributed by atoms with Crippen molar-refractivity contribution in [2.75, 3.05) is 18.4 Å². The summed E-state index contributed by atoms with van der Waals surface area (Å²) in [5, 5.41) is 3.42. The second kappa shape index (κ2) is 6.00. The molecule has 1 N–H and O–H groups in total. The molecule has 18 heavy (non-hydrogen) atoms. The summed E-state index contributed by atoms with van der Waals surface area (Å²) < 4.78 is 0. The number of nitrogens with one attached hydrogen (secondary N) is 1. The van der Waals surface area contributed by atoms with Gasteiger partial charge in [0.2, 0.25) is 5.91 Å². The number of nitrogens with zero attached hydrogens (tertiary/aromatic N) is 3. The van der Waals surface area contributed by atoms with Crippen LogP contribution in [0.3, 0.4) is 0 Å². The quantitative estimate of drug-likeness (QED) is 0.852. The predicted octanol–water partition coefficient (Wildman–Crippen LogP) is 1.94. The van der Waals surface area contributed by atoms with E-state index in [0.29, 0.717) is 11.0 Å². The van der Waals surface area contributed by atoms with Gasteiger partial charge in [0, 0.05) is 19.2 Å². The molecule has 1 saturated heterocycles. The maximum atomic E-state index is 12.2. The van der Waals surface area contributed by atoms with Crippen LogP contribution in [0.1, 0.15) is 26.2 Å². The topological polar surface area (TPSA) is 58.1 Å². The van der Waals surface area contributed by atoms with E-state index >= 15 is 0 Å². The summed E-state index contributed by atoms with van der Waals surface area (Å²) in [7, 11) is 0. The van der Waals surface area contributed by atoms with Gasteiger partial charge >= 0.3 is 0 Å². The first kappa shape index (κ1) is 13.1. The van der Waals surface area contributed by atoms with Crippen molar-refractivity contribution in [1.29, 1.82) is 0 Å². The number of carbonyl (C=O) groups excluding carboxylic acids is 1. The summed E-state index contributed by atoms with van der Waals surface area (Å²) in [6.45, 7) is 3.55. The molecule has 98 valence electrons. The maximum Gasteiger partial charge on any atom is 0.244 e. The van der Waals surface area contributed by atoms with Gasteiger partial charge in [-0.25, -0.2) is 9.97 Å². The number of anilines is 1. The van der Waals surface area contributed by atoms with E-state index in [1.54, 1.807) is 6.07 Å². The van der Waals surface area contributed by atoms with Gasteiger partial charge in [-0.1, -0.05) is 11.6 Å². The molecule has 1 aliphatic rings. The van der Waals surface area contributed by atoms with Crippen LogP contribution in [0, 0.1) is 0 Å². The molecule has 2 heterocycles. The zero-order valence-corrected chi connectivity index (χ0v) is 11.2. The van der Waals surface area contributed by atoms with E-state index in [2.05, 4.69) is 15.3 Å². The molecule has 0 spiro atoms. The van der Waals surface area contributed by atoms with E-state index in [-0.39, 0.29) is 11.9 Å². The predicted molar refractivity (Wildman–Crippen MR) is 70.6 cm³/mol. The molecule has 5 nitrogen and oxygen atoms in total. The Kier molecular flexibility index (Phi) is 4.36. The van der Waals surface area contributed by atoms with Crippen molar-refractivity contribution >= 4 is 23.3 Å². The average Bonchev–Trinajstić information content (AvgIpc) is 2.39. The SMILES string of the molecule is CC(Nc1cc(Cl)ncn1)C(=O)N1CCCCC1. The molecule has 6 heteroatoms. The smallest absolute Gasteiger partial charge is 0.244 e. The maximum absolute atomic E-state index is 12.2. The first-order chi connectivity index (χ1) is 8.66. The van der Waals surface area contributed by atoms with Crippen molar-refractivity contribution in [3.8, 4) is 0 Å². The number of carbonyl (C=O) groups is 1. The van der Waals surface area contributed by atoms with Crippen LogP contribution in [0.15, 0.2) is 12.4 Å². The van der Waals surface area contributed by atoms with Crippen molar-refractivity contribution in [2.24, 2.45) is 0 Å². The van der Waals surface area contributed by atoms with E-state index < -0.39 is 0 Å². The highest BCUT2D eigenvalue weighted by atomic mass is 35.5. The highest BCUT2D eigenvalue weighted by Crippen LogP contribution is 2.13. The summed E-state index contributed by atoms with van der Waals surface area (Å²) in [5.74, 6) is 0.692. The van der Waals surface area contributed by atoms with E-state index in [1.165, 1.54) is 12.7 Å². The Balaban J connectivity index is 1.94. The minimum Gasteiger partial charge on any atom is -0.358 e. The molecule has 1 amide bonds. The van der Waals surface area contributed by atoms with Crippen LogP contribution < -0.4 is 5.32 Å². The largest absolute Gasteiger partial charge is 0.358 e. The van der Waals surface area contributed by atoms with Crippen molar-refractivity contribution in [2.45, 2.75) is 32.2 Å². The average molecular weight is 269 g/mol. The van der Waals surface area contributed by atoms with Gasteiger partial charge in [0.15, 0.2) is 0 Å². The second-order valence-corrected chi connectivity index (χ2v) is 4.87. The Labute approximate surface area is 112 Å². The van der Waals surface area contributed by atoms with Crippen LogP contribution in [-0.4, -0.2) is 39.9 Å². The summed E-state index contributed by atoms with van der Waals surface area (Å²) in [4.78, 5) is 21.9. The Hall–Kier alpha value is -1.36.